The monoisotopic (exact) mass is 284 g/mol. The Morgan fingerprint density at radius 2 is 1.52 bits per heavy atom. The van der Waals surface area contributed by atoms with Gasteiger partial charge in [0.1, 0.15) is 30.5 Å². The molecule has 2 aromatic carbocycles. The first kappa shape index (κ1) is 14.7. The van der Waals surface area contributed by atoms with Crippen molar-refractivity contribution in [1.82, 2.24) is 0 Å². The molecule has 0 aliphatic heterocycles. The van der Waals surface area contributed by atoms with Gasteiger partial charge in [-0.05, 0) is 36.4 Å². The number of ether oxygens (including phenoxy) is 3. The molecule has 0 heterocycles. The largest absolute Gasteiger partial charge is 0.490 e. The maximum atomic E-state index is 10.8. The topological polar surface area (TPSA) is 44.8 Å². The van der Waals surface area contributed by atoms with Crippen LogP contribution >= 0.6 is 0 Å². The number of hydrogen-bond donors (Lipinski definition) is 0. The molecule has 108 valence electrons. The second-order valence-corrected chi connectivity index (χ2v) is 4.11. The van der Waals surface area contributed by atoms with Gasteiger partial charge in [0, 0.05) is 6.08 Å². The minimum absolute atomic E-state index is 0.188. The van der Waals surface area contributed by atoms with Gasteiger partial charge in [-0.3, -0.25) is 0 Å². The van der Waals surface area contributed by atoms with Crippen LogP contribution in [0.15, 0.2) is 67.3 Å². The fourth-order valence-corrected chi connectivity index (χ4v) is 1.59. The van der Waals surface area contributed by atoms with E-state index >= 15 is 0 Å². The zero-order chi connectivity index (χ0) is 14.9. The highest BCUT2D eigenvalue weighted by molar-refractivity contribution is 5.81. The van der Waals surface area contributed by atoms with Gasteiger partial charge in [0.2, 0.25) is 0 Å². The van der Waals surface area contributed by atoms with Crippen molar-refractivity contribution in [2.24, 2.45) is 0 Å². The van der Waals surface area contributed by atoms with Crippen LogP contribution in [0.4, 0.5) is 0 Å². The van der Waals surface area contributed by atoms with Gasteiger partial charge in [0.05, 0.1) is 0 Å². The van der Waals surface area contributed by atoms with Gasteiger partial charge < -0.3 is 14.2 Å². The van der Waals surface area contributed by atoms with E-state index in [1.165, 1.54) is 0 Å². The first-order chi connectivity index (χ1) is 10.3. The van der Waals surface area contributed by atoms with Gasteiger partial charge in [-0.2, -0.15) is 0 Å². The third-order valence-corrected chi connectivity index (χ3v) is 2.57. The van der Waals surface area contributed by atoms with Crippen molar-refractivity contribution in [3.8, 4) is 17.2 Å². The zero-order valence-corrected chi connectivity index (χ0v) is 11.5. The quantitative estimate of drug-likeness (QED) is 0.443. The Bertz CT molecular complexity index is 575. The molecule has 0 N–H and O–H groups in total. The van der Waals surface area contributed by atoms with Gasteiger partial charge in [-0.15, -0.1) is 0 Å². The second-order valence-electron chi connectivity index (χ2n) is 4.11. The van der Waals surface area contributed by atoms with E-state index in [9.17, 15) is 4.79 Å². The smallest absolute Gasteiger partial charge is 0.330 e. The summed E-state index contributed by atoms with van der Waals surface area (Å²) in [6.45, 7) is 3.79. The van der Waals surface area contributed by atoms with Crippen LogP contribution in [0.1, 0.15) is 0 Å². The molecular weight excluding hydrogens is 268 g/mol. The molecule has 0 aliphatic carbocycles. The highest BCUT2D eigenvalue weighted by Gasteiger charge is 1.99. The van der Waals surface area contributed by atoms with E-state index in [1.807, 2.05) is 42.5 Å². The maximum Gasteiger partial charge on any atom is 0.330 e. The average molecular weight is 284 g/mol. The number of hydrogen-bond acceptors (Lipinski definition) is 4. The Balaban J connectivity index is 1.79. The van der Waals surface area contributed by atoms with Crippen molar-refractivity contribution < 1.29 is 19.0 Å². The van der Waals surface area contributed by atoms with Crippen molar-refractivity contribution in [3.63, 3.8) is 0 Å². The highest BCUT2D eigenvalue weighted by atomic mass is 16.6. The van der Waals surface area contributed by atoms with E-state index in [0.717, 1.165) is 17.6 Å². The van der Waals surface area contributed by atoms with Gasteiger partial charge >= 0.3 is 5.97 Å². The first-order valence-corrected chi connectivity index (χ1v) is 6.53. The number of carbonyl (C=O) groups is 1. The fourth-order valence-electron chi connectivity index (χ4n) is 1.59. The normalized spacial score (nSPS) is 9.71. The summed E-state index contributed by atoms with van der Waals surface area (Å²) in [7, 11) is 0. The van der Waals surface area contributed by atoms with Gasteiger partial charge in [0.25, 0.3) is 0 Å². The Kier molecular flexibility index (Phi) is 5.41. The molecular formula is C17H16O4. The second kappa shape index (κ2) is 7.75. The molecule has 0 spiro atoms. The molecule has 4 heteroatoms. The van der Waals surface area contributed by atoms with Crippen LogP contribution < -0.4 is 9.47 Å². The SMILES string of the molecule is C=CC(=O)OCCOc1ccc(Oc2ccccc2)cc1. The predicted octanol–water partition coefficient (Wildman–Crippen LogP) is 3.59. The van der Waals surface area contributed by atoms with Crippen molar-refractivity contribution in [1.29, 1.82) is 0 Å². The molecule has 21 heavy (non-hydrogen) atoms. The van der Waals surface area contributed by atoms with Crippen LogP contribution in [-0.2, 0) is 9.53 Å². The van der Waals surface area contributed by atoms with E-state index in [1.54, 1.807) is 12.1 Å². The van der Waals surface area contributed by atoms with E-state index < -0.39 is 5.97 Å². The molecule has 2 aromatic rings. The van der Waals surface area contributed by atoms with Crippen molar-refractivity contribution in [3.05, 3.63) is 67.3 Å². The van der Waals surface area contributed by atoms with Crippen molar-refractivity contribution in [2.75, 3.05) is 13.2 Å². The van der Waals surface area contributed by atoms with Crippen LogP contribution in [0, 0.1) is 0 Å². The van der Waals surface area contributed by atoms with Gasteiger partial charge in [-0.1, -0.05) is 24.8 Å². The van der Waals surface area contributed by atoms with Crippen LogP contribution in [0.5, 0.6) is 17.2 Å². The number of rotatable bonds is 7. The molecule has 0 saturated carbocycles. The first-order valence-electron chi connectivity index (χ1n) is 6.53. The van der Waals surface area contributed by atoms with Crippen LogP contribution in [0.3, 0.4) is 0 Å². The summed E-state index contributed by atoms with van der Waals surface area (Å²) in [5.41, 5.74) is 0. The summed E-state index contributed by atoms with van der Waals surface area (Å²) in [5, 5.41) is 0. The molecule has 0 radical (unpaired) electrons. The third-order valence-electron chi connectivity index (χ3n) is 2.57. The lowest BCUT2D eigenvalue weighted by molar-refractivity contribution is -0.138. The minimum atomic E-state index is -0.454. The van der Waals surface area contributed by atoms with E-state index in [-0.39, 0.29) is 6.61 Å². The molecule has 0 fully saturated rings. The summed E-state index contributed by atoms with van der Waals surface area (Å²) in [4.78, 5) is 10.8. The lowest BCUT2D eigenvalue weighted by atomic mass is 10.3. The molecule has 0 amide bonds. The lowest BCUT2D eigenvalue weighted by Crippen LogP contribution is -2.10. The molecule has 2 rings (SSSR count). The highest BCUT2D eigenvalue weighted by Crippen LogP contribution is 2.23. The summed E-state index contributed by atoms with van der Waals surface area (Å²) in [6.07, 6.45) is 1.12. The fraction of sp³-hybridized carbons (Fsp3) is 0.118. The van der Waals surface area contributed by atoms with Crippen molar-refractivity contribution >= 4 is 5.97 Å². The van der Waals surface area contributed by atoms with Gasteiger partial charge in [0.15, 0.2) is 0 Å². The van der Waals surface area contributed by atoms with Crippen LogP contribution in [0.2, 0.25) is 0 Å². The minimum Gasteiger partial charge on any atom is -0.490 e. The van der Waals surface area contributed by atoms with Crippen LogP contribution in [0.25, 0.3) is 0 Å². The number of carbonyl (C=O) groups excluding carboxylic acids is 1. The Morgan fingerprint density at radius 1 is 0.905 bits per heavy atom. The maximum absolute atomic E-state index is 10.8. The number of para-hydroxylation sites is 1. The van der Waals surface area contributed by atoms with E-state index in [0.29, 0.717) is 12.4 Å². The predicted molar refractivity (Wildman–Crippen MR) is 79.6 cm³/mol. The summed E-state index contributed by atoms with van der Waals surface area (Å²) in [5.74, 6) is 1.74. The van der Waals surface area contributed by atoms with Crippen LogP contribution in [-0.4, -0.2) is 19.2 Å². The molecule has 4 nitrogen and oxygen atoms in total. The molecule has 0 bridgehead atoms. The number of benzene rings is 2. The zero-order valence-electron chi connectivity index (χ0n) is 11.5. The summed E-state index contributed by atoms with van der Waals surface area (Å²) >= 11 is 0. The molecule has 0 unspecified atom stereocenters. The molecule has 0 saturated heterocycles. The third kappa shape index (κ3) is 5.03. The molecule has 0 aromatic heterocycles. The standard InChI is InChI=1S/C17H16O4/c1-2-17(18)20-13-12-19-14-8-10-16(11-9-14)21-15-6-4-3-5-7-15/h2-11H,1,12-13H2. The molecule has 0 aliphatic rings. The molecule has 0 atom stereocenters. The summed E-state index contributed by atoms with van der Waals surface area (Å²) < 4.78 is 15.9. The average Bonchev–Trinajstić information content (AvgIpc) is 2.54. The van der Waals surface area contributed by atoms with E-state index in [4.69, 9.17) is 14.2 Å². The summed E-state index contributed by atoms with van der Waals surface area (Å²) in [6, 6.07) is 16.8. The number of esters is 1. The Hall–Kier alpha value is -2.75. The van der Waals surface area contributed by atoms with Gasteiger partial charge in [-0.25, -0.2) is 4.79 Å². The van der Waals surface area contributed by atoms with E-state index in [2.05, 4.69) is 6.58 Å². The van der Waals surface area contributed by atoms with Crippen molar-refractivity contribution in [2.45, 2.75) is 0 Å². The Morgan fingerprint density at radius 3 is 2.19 bits per heavy atom. The Labute approximate surface area is 123 Å². The lowest BCUT2D eigenvalue weighted by Gasteiger charge is -2.08.